The van der Waals surface area contributed by atoms with Crippen molar-refractivity contribution < 1.29 is 19.4 Å². The Labute approximate surface area is 149 Å². The van der Waals surface area contributed by atoms with E-state index in [0.717, 1.165) is 10.6 Å². The van der Waals surface area contributed by atoms with E-state index in [1.165, 1.54) is 7.11 Å². The molecular formula is C16H19ClN2O4S. The van der Waals surface area contributed by atoms with Gasteiger partial charge in [-0.25, -0.2) is 9.78 Å². The molecule has 0 unspecified atom stereocenters. The van der Waals surface area contributed by atoms with Crippen molar-refractivity contribution in [2.24, 2.45) is 0 Å². The summed E-state index contributed by atoms with van der Waals surface area (Å²) in [6.45, 7) is 2.24. The van der Waals surface area contributed by atoms with Crippen LogP contribution >= 0.6 is 22.9 Å². The van der Waals surface area contributed by atoms with E-state index in [0.29, 0.717) is 17.3 Å². The fourth-order valence-electron chi connectivity index (χ4n) is 2.19. The van der Waals surface area contributed by atoms with Crippen molar-refractivity contribution in [3.8, 4) is 11.5 Å². The Kier molecular flexibility index (Phi) is 6.42. The van der Waals surface area contributed by atoms with Crippen molar-refractivity contribution >= 4 is 28.9 Å². The number of thiazole rings is 1. The number of aromatic nitrogens is 1. The van der Waals surface area contributed by atoms with Crippen LogP contribution in [0.15, 0.2) is 23.7 Å². The van der Waals surface area contributed by atoms with Gasteiger partial charge in [-0.2, -0.15) is 0 Å². The van der Waals surface area contributed by atoms with Crippen LogP contribution in [0.25, 0.3) is 0 Å². The summed E-state index contributed by atoms with van der Waals surface area (Å²) in [5, 5.41) is 12.0. The van der Waals surface area contributed by atoms with Crippen LogP contribution in [0.1, 0.15) is 23.5 Å². The van der Waals surface area contributed by atoms with Gasteiger partial charge in [-0.1, -0.05) is 11.6 Å². The second kappa shape index (κ2) is 8.32. The highest BCUT2D eigenvalue weighted by Gasteiger charge is 2.17. The lowest BCUT2D eigenvalue weighted by Gasteiger charge is -2.23. The first kappa shape index (κ1) is 18.5. The third-order valence-corrected chi connectivity index (χ3v) is 4.76. The Morgan fingerprint density at radius 1 is 1.50 bits per heavy atom. The Morgan fingerprint density at radius 3 is 2.83 bits per heavy atom. The lowest BCUT2D eigenvalue weighted by molar-refractivity contribution is -0.139. The van der Waals surface area contributed by atoms with Gasteiger partial charge in [0.05, 0.1) is 18.2 Å². The highest BCUT2D eigenvalue weighted by atomic mass is 35.5. The smallest absolute Gasteiger partial charge is 0.341 e. The molecule has 1 aromatic carbocycles. The lowest BCUT2D eigenvalue weighted by Crippen LogP contribution is -2.21. The molecule has 24 heavy (non-hydrogen) atoms. The Bertz CT molecular complexity index is 694. The third-order valence-electron chi connectivity index (χ3n) is 3.53. The molecule has 8 heteroatoms. The third kappa shape index (κ3) is 4.59. The molecule has 0 aliphatic rings. The molecule has 0 spiro atoms. The van der Waals surface area contributed by atoms with Gasteiger partial charge in [-0.15, -0.1) is 11.3 Å². The minimum Gasteiger partial charge on any atom is -0.493 e. The molecule has 0 bridgehead atoms. The van der Waals surface area contributed by atoms with E-state index in [4.69, 9.17) is 26.2 Å². The minimum absolute atomic E-state index is 0.165. The predicted molar refractivity (Wildman–Crippen MR) is 93.1 cm³/mol. The lowest BCUT2D eigenvalue weighted by atomic mass is 10.1. The first-order valence-electron chi connectivity index (χ1n) is 7.23. The highest BCUT2D eigenvalue weighted by Crippen LogP contribution is 2.37. The average Bonchev–Trinajstić information content (AvgIpc) is 3.06. The monoisotopic (exact) mass is 370 g/mol. The second-order valence-corrected chi connectivity index (χ2v) is 6.59. The van der Waals surface area contributed by atoms with E-state index in [-0.39, 0.29) is 11.8 Å². The molecular weight excluding hydrogens is 352 g/mol. The van der Waals surface area contributed by atoms with Crippen LogP contribution in [0.4, 0.5) is 0 Å². The van der Waals surface area contributed by atoms with Gasteiger partial charge in [-0.05, 0) is 31.7 Å². The number of hydrogen-bond acceptors (Lipinski definition) is 6. The molecule has 1 heterocycles. The molecule has 0 saturated carbocycles. The maximum Gasteiger partial charge on any atom is 0.341 e. The van der Waals surface area contributed by atoms with E-state index in [1.807, 2.05) is 12.4 Å². The van der Waals surface area contributed by atoms with E-state index < -0.39 is 12.6 Å². The quantitative estimate of drug-likeness (QED) is 0.767. The number of nitrogens with zero attached hydrogens (tertiary/aromatic N) is 2. The first-order valence-corrected chi connectivity index (χ1v) is 8.48. The first-order chi connectivity index (χ1) is 11.4. The Balaban J connectivity index is 2.16. The SMILES string of the molecule is COc1cc(CN(C)[C@@H](C)c2nccs2)cc(Cl)c1OCC(=O)O. The molecule has 0 aliphatic heterocycles. The standard InChI is InChI=1S/C16H19ClN2O4S/c1-10(16-18-4-5-24-16)19(2)8-11-6-12(17)15(13(7-11)22-3)23-9-14(20)21/h4-7,10H,8-9H2,1-3H3,(H,20,21)/t10-/m0/s1. The number of aliphatic carboxylic acids is 1. The maximum absolute atomic E-state index is 10.7. The molecule has 1 N–H and O–H groups in total. The number of carbonyl (C=O) groups is 1. The minimum atomic E-state index is -1.07. The van der Waals surface area contributed by atoms with Crippen molar-refractivity contribution in [3.63, 3.8) is 0 Å². The van der Waals surface area contributed by atoms with Crippen LogP contribution in [0.2, 0.25) is 5.02 Å². The van der Waals surface area contributed by atoms with Gasteiger partial charge in [0.1, 0.15) is 5.01 Å². The second-order valence-electron chi connectivity index (χ2n) is 5.25. The van der Waals surface area contributed by atoms with Crippen LogP contribution < -0.4 is 9.47 Å². The van der Waals surface area contributed by atoms with Gasteiger partial charge in [-0.3, -0.25) is 4.90 Å². The number of hydrogen-bond donors (Lipinski definition) is 1. The van der Waals surface area contributed by atoms with Crippen molar-refractivity contribution in [1.82, 2.24) is 9.88 Å². The normalized spacial score (nSPS) is 12.2. The number of methoxy groups -OCH3 is 1. The van der Waals surface area contributed by atoms with Gasteiger partial charge in [0.2, 0.25) is 0 Å². The highest BCUT2D eigenvalue weighted by molar-refractivity contribution is 7.09. The van der Waals surface area contributed by atoms with E-state index in [9.17, 15) is 4.79 Å². The van der Waals surface area contributed by atoms with Crippen LogP contribution in [0, 0.1) is 0 Å². The van der Waals surface area contributed by atoms with E-state index in [1.54, 1.807) is 29.7 Å². The molecule has 6 nitrogen and oxygen atoms in total. The predicted octanol–water partition coefficient (Wildman–Crippen LogP) is 3.46. The largest absolute Gasteiger partial charge is 0.493 e. The summed E-state index contributed by atoms with van der Waals surface area (Å²) in [5.41, 5.74) is 0.936. The van der Waals surface area contributed by atoms with Crippen molar-refractivity contribution in [2.45, 2.75) is 19.5 Å². The topological polar surface area (TPSA) is 71.9 Å². The summed E-state index contributed by atoms with van der Waals surface area (Å²) in [7, 11) is 3.49. The molecule has 0 radical (unpaired) electrons. The van der Waals surface area contributed by atoms with E-state index in [2.05, 4.69) is 16.8 Å². The van der Waals surface area contributed by atoms with Gasteiger partial charge in [0, 0.05) is 18.1 Å². The molecule has 0 amide bonds. The van der Waals surface area contributed by atoms with Gasteiger partial charge in [0.25, 0.3) is 0 Å². The summed E-state index contributed by atoms with van der Waals surface area (Å²) < 4.78 is 10.5. The van der Waals surface area contributed by atoms with Gasteiger partial charge >= 0.3 is 5.97 Å². The van der Waals surface area contributed by atoms with Crippen molar-refractivity contribution in [1.29, 1.82) is 0 Å². The number of ether oxygens (including phenoxy) is 2. The molecule has 2 aromatic rings. The van der Waals surface area contributed by atoms with Crippen molar-refractivity contribution in [3.05, 3.63) is 39.3 Å². The fraction of sp³-hybridized carbons (Fsp3) is 0.375. The molecule has 0 saturated heterocycles. The van der Waals surface area contributed by atoms with E-state index >= 15 is 0 Å². The summed E-state index contributed by atoms with van der Waals surface area (Å²) in [5.74, 6) is -0.427. The van der Waals surface area contributed by atoms with Crippen LogP contribution in [0.3, 0.4) is 0 Å². The number of benzene rings is 1. The molecule has 0 aliphatic carbocycles. The number of carboxylic acid groups (broad SMARTS) is 1. The number of carboxylic acids is 1. The summed E-state index contributed by atoms with van der Waals surface area (Å²) >= 11 is 7.85. The molecule has 130 valence electrons. The maximum atomic E-state index is 10.7. The molecule has 1 atom stereocenters. The van der Waals surface area contributed by atoms with Crippen LogP contribution in [0.5, 0.6) is 11.5 Å². The molecule has 2 rings (SSSR count). The number of halogens is 1. The molecule has 1 aromatic heterocycles. The summed E-state index contributed by atoms with van der Waals surface area (Å²) in [4.78, 5) is 17.1. The van der Waals surface area contributed by atoms with Gasteiger partial charge in [0.15, 0.2) is 18.1 Å². The average molecular weight is 371 g/mol. The number of rotatable bonds is 8. The zero-order chi connectivity index (χ0) is 17.7. The summed E-state index contributed by atoms with van der Waals surface area (Å²) in [6, 6.07) is 3.72. The zero-order valence-corrected chi connectivity index (χ0v) is 15.2. The zero-order valence-electron chi connectivity index (χ0n) is 13.7. The Hall–Kier alpha value is -1.83. The Morgan fingerprint density at radius 2 is 2.25 bits per heavy atom. The van der Waals surface area contributed by atoms with Crippen LogP contribution in [-0.4, -0.2) is 41.7 Å². The van der Waals surface area contributed by atoms with Crippen molar-refractivity contribution in [2.75, 3.05) is 20.8 Å². The van der Waals surface area contributed by atoms with Gasteiger partial charge < -0.3 is 14.6 Å². The summed E-state index contributed by atoms with van der Waals surface area (Å²) in [6.07, 6.45) is 1.79. The fourth-order valence-corrected chi connectivity index (χ4v) is 3.24. The molecule has 0 fully saturated rings. The van der Waals surface area contributed by atoms with Crippen LogP contribution in [-0.2, 0) is 11.3 Å².